The molecule has 0 aliphatic carbocycles. The minimum atomic E-state index is -1.23. The molecule has 1 heterocycles. The van der Waals surface area contributed by atoms with E-state index in [4.69, 9.17) is 9.84 Å². The first kappa shape index (κ1) is 15.4. The highest BCUT2D eigenvalue weighted by Gasteiger charge is 2.44. The van der Waals surface area contributed by atoms with Crippen molar-refractivity contribution in [1.82, 2.24) is 4.90 Å². The summed E-state index contributed by atoms with van der Waals surface area (Å²) in [6.07, 6.45) is 0. The standard InChI is InChI=1S/C14H15F2NO4/c1-14(2)13(20)17(6-11(18)19)10(7-21-14)8-4-3-5-9(15)12(8)16/h3-5,10H,6-7H2,1-2H3,(H,18,19)/t10-/m0/s1. The Hall–Kier alpha value is -2.02. The van der Waals surface area contributed by atoms with E-state index in [1.807, 2.05) is 0 Å². The number of hydrogen-bond acceptors (Lipinski definition) is 3. The number of halogens is 2. The molecule has 21 heavy (non-hydrogen) atoms. The first-order valence-electron chi connectivity index (χ1n) is 6.35. The molecule has 1 atom stereocenters. The van der Waals surface area contributed by atoms with Gasteiger partial charge in [0.2, 0.25) is 0 Å². The number of aliphatic carboxylic acids is 1. The SMILES string of the molecule is CC1(C)OC[C@@H](c2cccc(F)c2F)N(CC(=O)O)C1=O. The molecule has 1 fully saturated rings. The van der Waals surface area contributed by atoms with Gasteiger partial charge in [-0.05, 0) is 19.9 Å². The molecule has 1 aliphatic rings. The number of hydrogen-bond donors (Lipinski definition) is 1. The highest BCUT2D eigenvalue weighted by Crippen LogP contribution is 2.33. The summed E-state index contributed by atoms with van der Waals surface area (Å²) in [5.41, 5.74) is -1.30. The Morgan fingerprint density at radius 2 is 2.14 bits per heavy atom. The van der Waals surface area contributed by atoms with Crippen LogP contribution in [-0.4, -0.2) is 40.6 Å². The molecule has 114 valence electrons. The van der Waals surface area contributed by atoms with E-state index in [-0.39, 0.29) is 12.2 Å². The number of rotatable bonds is 3. The molecule has 0 spiro atoms. The lowest BCUT2D eigenvalue weighted by Gasteiger charge is -2.42. The third-order valence-corrected chi connectivity index (χ3v) is 3.40. The smallest absolute Gasteiger partial charge is 0.323 e. The van der Waals surface area contributed by atoms with Gasteiger partial charge in [-0.1, -0.05) is 12.1 Å². The fraction of sp³-hybridized carbons (Fsp3) is 0.429. The first-order valence-corrected chi connectivity index (χ1v) is 6.35. The maximum Gasteiger partial charge on any atom is 0.323 e. The highest BCUT2D eigenvalue weighted by molar-refractivity contribution is 5.88. The van der Waals surface area contributed by atoms with E-state index in [2.05, 4.69) is 0 Å². The van der Waals surface area contributed by atoms with Crippen LogP contribution in [0.5, 0.6) is 0 Å². The Bertz CT molecular complexity index is 588. The molecule has 2 rings (SSSR count). The normalized spacial score (nSPS) is 21.4. The second-order valence-electron chi connectivity index (χ2n) is 5.31. The molecule has 1 amide bonds. The molecule has 1 aliphatic heterocycles. The Labute approximate surface area is 120 Å². The fourth-order valence-electron chi connectivity index (χ4n) is 2.29. The van der Waals surface area contributed by atoms with E-state index in [0.717, 1.165) is 11.0 Å². The van der Waals surface area contributed by atoms with Crippen molar-refractivity contribution < 1.29 is 28.2 Å². The van der Waals surface area contributed by atoms with Gasteiger partial charge in [-0.2, -0.15) is 0 Å². The van der Waals surface area contributed by atoms with Crippen LogP contribution in [0.25, 0.3) is 0 Å². The average Bonchev–Trinajstić information content (AvgIpc) is 2.39. The van der Waals surface area contributed by atoms with Crippen molar-refractivity contribution in [3.05, 3.63) is 35.4 Å². The van der Waals surface area contributed by atoms with Crippen LogP contribution in [0.2, 0.25) is 0 Å². The fourth-order valence-corrected chi connectivity index (χ4v) is 2.29. The van der Waals surface area contributed by atoms with Gasteiger partial charge >= 0.3 is 5.97 Å². The van der Waals surface area contributed by atoms with Gasteiger partial charge < -0.3 is 14.7 Å². The number of benzene rings is 1. The van der Waals surface area contributed by atoms with E-state index >= 15 is 0 Å². The molecule has 0 unspecified atom stereocenters. The molecular weight excluding hydrogens is 284 g/mol. The van der Waals surface area contributed by atoms with Crippen molar-refractivity contribution in [2.24, 2.45) is 0 Å². The summed E-state index contributed by atoms with van der Waals surface area (Å²) >= 11 is 0. The quantitative estimate of drug-likeness (QED) is 0.923. The number of ether oxygens (including phenoxy) is 1. The summed E-state index contributed by atoms with van der Waals surface area (Å²) in [5, 5.41) is 8.94. The van der Waals surface area contributed by atoms with Gasteiger partial charge in [-0.15, -0.1) is 0 Å². The summed E-state index contributed by atoms with van der Waals surface area (Å²) in [5.74, 6) is -3.97. The zero-order valence-corrected chi connectivity index (χ0v) is 11.6. The van der Waals surface area contributed by atoms with Gasteiger partial charge in [0.15, 0.2) is 11.6 Å². The molecule has 0 radical (unpaired) electrons. The predicted octanol–water partition coefficient (Wildman–Crippen LogP) is 1.73. The van der Waals surface area contributed by atoms with Gasteiger partial charge in [0.25, 0.3) is 5.91 Å². The molecule has 1 N–H and O–H groups in total. The number of carboxylic acid groups (broad SMARTS) is 1. The summed E-state index contributed by atoms with van der Waals surface area (Å²) in [6, 6.07) is 2.59. The van der Waals surface area contributed by atoms with Gasteiger partial charge in [-0.25, -0.2) is 8.78 Å². The number of morpholine rings is 1. The monoisotopic (exact) mass is 299 g/mol. The largest absolute Gasteiger partial charge is 0.480 e. The van der Waals surface area contributed by atoms with Crippen molar-refractivity contribution in [1.29, 1.82) is 0 Å². The molecule has 0 saturated carbocycles. The highest BCUT2D eigenvalue weighted by atomic mass is 19.2. The van der Waals surface area contributed by atoms with Gasteiger partial charge in [0.1, 0.15) is 12.1 Å². The van der Waals surface area contributed by atoms with Crippen LogP contribution in [0.15, 0.2) is 18.2 Å². The Morgan fingerprint density at radius 1 is 1.48 bits per heavy atom. The topological polar surface area (TPSA) is 66.8 Å². The van der Waals surface area contributed by atoms with Crippen molar-refractivity contribution in [2.75, 3.05) is 13.2 Å². The van der Waals surface area contributed by atoms with Gasteiger partial charge in [-0.3, -0.25) is 9.59 Å². The van der Waals surface area contributed by atoms with Crippen LogP contribution in [0.3, 0.4) is 0 Å². The van der Waals surface area contributed by atoms with Crippen LogP contribution in [0, 0.1) is 11.6 Å². The summed E-state index contributed by atoms with van der Waals surface area (Å²) in [7, 11) is 0. The van der Waals surface area contributed by atoms with Crippen molar-refractivity contribution in [3.63, 3.8) is 0 Å². The zero-order chi connectivity index (χ0) is 15.8. The van der Waals surface area contributed by atoms with E-state index in [1.54, 1.807) is 0 Å². The number of carboxylic acids is 1. The number of carbonyl (C=O) groups is 2. The van der Waals surface area contributed by atoms with Crippen LogP contribution < -0.4 is 0 Å². The number of carbonyl (C=O) groups excluding carboxylic acids is 1. The Kier molecular flexibility index (Phi) is 3.95. The maximum absolute atomic E-state index is 13.9. The van der Waals surface area contributed by atoms with Gasteiger partial charge in [0.05, 0.1) is 12.6 Å². The summed E-state index contributed by atoms with van der Waals surface area (Å²) < 4.78 is 32.6. The minimum Gasteiger partial charge on any atom is -0.480 e. The Balaban J connectivity index is 2.43. The third kappa shape index (κ3) is 2.87. The van der Waals surface area contributed by atoms with E-state index in [9.17, 15) is 18.4 Å². The Morgan fingerprint density at radius 3 is 2.76 bits per heavy atom. The van der Waals surface area contributed by atoms with Crippen molar-refractivity contribution in [3.8, 4) is 0 Å². The molecular formula is C14H15F2NO4. The van der Waals surface area contributed by atoms with Crippen LogP contribution in [0.1, 0.15) is 25.5 Å². The van der Waals surface area contributed by atoms with E-state index in [0.29, 0.717) is 0 Å². The number of amides is 1. The molecule has 1 aromatic rings. The average molecular weight is 299 g/mol. The minimum absolute atomic E-state index is 0.0971. The number of nitrogens with zero attached hydrogens (tertiary/aromatic N) is 1. The second-order valence-corrected chi connectivity index (χ2v) is 5.31. The van der Waals surface area contributed by atoms with Gasteiger partial charge in [0, 0.05) is 5.56 Å². The lowest BCUT2D eigenvalue weighted by Crippen LogP contribution is -2.56. The molecule has 1 saturated heterocycles. The summed E-state index contributed by atoms with van der Waals surface area (Å²) in [6.45, 7) is 2.29. The molecule has 7 heteroatoms. The van der Waals surface area contributed by atoms with Crippen molar-refractivity contribution >= 4 is 11.9 Å². The van der Waals surface area contributed by atoms with E-state index in [1.165, 1.54) is 26.0 Å². The summed E-state index contributed by atoms with van der Waals surface area (Å²) in [4.78, 5) is 24.2. The molecule has 5 nitrogen and oxygen atoms in total. The van der Waals surface area contributed by atoms with Crippen LogP contribution >= 0.6 is 0 Å². The van der Waals surface area contributed by atoms with Crippen molar-refractivity contribution in [2.45, 2.75) is 25.5 Å². The first-order chi connectivity index (χ1) is 9.74. The third-order valence-electron chi connectivity index (χ3n) is 3.40. The lowest BCUT2D eigenvalue weighted by atomic mass is 9.98. The second kappa shape index (κ2) is 5.40. The van der Waals surface area contributed by atoms with Crippen LogP contribution in [-0.2, 0) is 14.3 Å². The maximum atomic E-state index is 13.9. The van der Waals surface area contributed by atoms with Crippen LogP contribution in [0.4, 0.5) is 8.78 Å². The molecule has 0 bridgehead atoms. The predicted molar refractivity (Wildman–Crippen MR) is 68.5 cm³/mol. The lowest BCUT2D eigenvalue weighted by molar-refractivity contribution is -0.177. The molecule has 0 aromatic heterocycles. The zero-order valence-electron chi connectivity index (χ0n) is 11.6. The molecule has 1 aromatic carbocycles. The van der Waals surface area contributed by atoms with E-state index < -0.39 is 41.7 Å².